The minimum Gasteiger partial charge on any atom is -0.375 e. The number of rotatable bonds is 4. The standard InChI is InChI=1S/C14H20ClN3O3S.HI/c1-11-10-18(7-8-21-11)14(16)17-6-9-22(19,20)13-4-2-12(15)3-5-13;/h2-5,11H,6-10H2,1H3,(H2,16,17);1H. The molecular weight excluding hydrogens is 453 g/mol. The van der Waals surface area contributed by atoms with Gasteiger partial charge in [-0.05, 0) is 31.2 Å². The first-order valence-corrected chi connectivity index (χ1v) is 9.06. The molecule has 0 amide bonds. The summed E-state index contributed by atoms with van der Waals surface area (Å²) in [6.45, 7) is 4.02. The van der Waals surface area contributed by atoms with E-state index in [0.717, 1.165) is 0 Å². The highest BCUT2D eigenvalue weighted by Gasteiger charge is 2.18. The molecular formula is C14H21ClIN3O3S. The molecule has 130 valence electrons. The van der Waals surface area contributed by atoms with Crippen molar-refractivity contribution in [1.29, 1.82) is 0 Å². The molecule has 0 bridgehead atoms. The van der Waals surface area contributed by atoms with E-state index in [4.69, 9.17) is 22.1 Å². The van der Waals surface area contributed by atoms with Crippen molar-refractivity contribution in [2.24, 2.45) is 10.7 Å². The van der Waals surface area contributed by atoms with Crippen molar-refractivity contribution in [2.45, 2.75) is 17.9 Å². The average Bonchev–Trinajstić information content (AvgIpc) is 2.47. The number of sulfone groups is 1. The SMILES string of the molecule is CC1CN(C(N)=NCCS(=O)(=O)c2ccc(Cl)cc2)CCO1.I. The summed E-state index contributed by atoms with van der Waals surface area (Å²) in [5.74, 6) is 0.274. The minimum absolute atomic E-state index is 0. The number of halogens is 2. The fraction of sp³-hybridized carbons (Fsp3) is 0.500. The molecule has 1 aromatic carbocycles. The van der Waals surface area contributed by atoms with Gasteiger partial charge >= 0.3 is 0 Å². The van der Waals surface area contributed by atoms with Crippen LogP contribution in [0.4, 0.5) is 0 Å². The molecule has 0 aromatic heterocycles. The number of nitrogens with two attached hydrogens (primary N) is 1. The lowest BCUT2D eigenvalue weighted by Crippen LogP contribution is -2.48. The summed E-state index contributed by atoms with van der Waals surface area (Å²) in [6, 6.07) is 6.10. The van der Waals surface area contributed by atoms with E-state index in [9.17, 15) is 8.42 Å². The number of hydrogen-bond donors (Lipinski definition) is 1. The third-order valence-corrected chi connectivity index (χ3v) is 5.33. The van der Waals surface area contributed by atoms with Gasteiger partial charge in [0, 0.05) is 18.1 Å². The van der Waals surface area contributed by atoms with E-state index in [-0.39, 0.29) is 47.3 Å². The number of nitrogens with zero attached hydrogens (tertiary/aromatic N) is 2. The van der Waals surface area contributed by atoms with E-state index >= 15 is 0 Å². The van der Waals surface area contributed by atoms with Crippen molar-refractivity contribution < 1.29 is 13.2 Å². The first kappa shape index (κ1) is 20.5. The number of ether oxygens (including phenoxy) is 1. The predicted octanol–water partition coefficient (Wildman–Crippen LogP) is 1.77. The second kappa shape index (κ2) is 9.05. The Kier molecular flexibility index (Phi) is 8.05. The maximum absolute atomic E-state index is 12.2. The first-order chi connectivity index (χ1) is 10.4. The molecule has 1 saturated heterocycles. The average molecular weight is 474 g/mol. The van der Waals surface area contributed by atoms with Crippen molar-refractivity contribution in [2.75, 3.05) is 32.0 Å². The molecule has 2 rings (SSSR count). The molecule has 1 aliphatic rings. The van der Waals surface area contributed by atoms with Crippen LogP contribution in [0.1, 0.15) is 6.92 Å². The van der Waals surface area contributed by atoms with E-state index in [1.807, 2.05) is 11.8 Å². The molecule has 9 heteroatoms. The Morgan fingerprint density at radius 3 is 2.70 bits per heavy atom. The number of benzene rings is 1. The molecule has 0 radical (unpaired) electrons. The number of morpholine rings is 1. The topological polar surface area (TPSA) is 85.0 Å². The second-order valence-corrected chi connectivity index (χ2v) is 7.69. The molecule has 23 heavy (non-hydrogen) atoms. The molecule has 1 unspecified atom stereocenters. The van der Waals surface area contributed by atoms with Gasteiger partial charge in [-0.2, -0.15) is 0 Å². The number of guanidine groups is 1. The van der Waals surface area contributed by atoms with Crippen molar-refractivity contribution in [3.63, 3.8) is 0 Å². The molecule has 0 aliphatic carbocycles. The molecule has 2 N–H and O–H groups in total. The van der Waals surface area contributed by atoms with Gasteiger partial charge in [0.25, 0.3) is 0 Å². The van der Waals surface area contributed by atoms with Crippen LogP contribution < -0.4 is 5.73 Å². The van der Waals surface area contributed by atoms with Crippen molar-refractivity contribution in [3.05, 3.63) is 29.3 Å². The smallest absolute Gasteiger partial charge is 0.191 e. The fourth-order valence-electron chi connectivity index (χ4n) is 2.17. The van der Waals surface area contributed by atoms with Crippen LogP contribution in [-0.4, -0.2) is 57.4 Å². The first-order valence-electron chi connectivity index (χ1n) is 7.03. The number of hydrogen-bond acceptors (Lipinski definition) is 4. The van der Waals surface area contributed by atoms with Crippen LogP contribution in [0, 0.1) is 0 Å². The molecule has 1 atom stereocenters. The van der Waals surface area contributed by atoms with Crippen LogP contribution in [-0.2, 0) is 14.6 Å². The molecule has 6 nitrogen and oxygen atoms in total. The van der Waals surface area contributed by atoms with E-state index in [0.29, 0.717) is 30.7 Å². The lowest BCUT2D eigenvalue weighted by atomic mass is 10.3. The molecule has 1 heterocycles. The van der Waals surface area contributed by atoms with Crippen LogP contribution in [0.5, 0.6) is 0 Å². The maximum atomic E-state index is 12.2. The molecule has 1 aromatic rings. The van der Waals surface area contributed by atoms with Gasteiger partial charge in [-0.1, -0.05) is 11.6 Å². The third-order valence-electron chi connectivity index (χ3n) is 3.37. The van der Waals surface area contributed by atoms with Gasteiger partial charge in [0.1, 0.15) is 0 Å². The third kappa shape index (κ3) is 6.09. The Balaban J connectivity index is 0.00000264. The lowest BCUT2D eigenvalue weighted by molar-refractivity contribution is 0.00531. The van der Waals surface area contributed by atoms with Gasteiger partial charge in [0.15, 0.2) is 15.8 Å². The summed E-state index contributed by atoms with van der Waals surface area (Å²) in [5.41, 5.74) is 5.91. The van der Waals surface area contributed by atoms with Gasteiger partial charge in [0.05, 0.1) is 29.9 Å². The molecule has 0 saturated carbocycles. The fourth-order valence-corrected chi connectivity index (χ4v) is 3.41. The Hall–Kier alpha value is -0.580. The van der Waals surface area contributed by atoms with Gasteiger partial charge in [-0.15, -0.1) is 24.0 Å². The van der Waals surface area contributed by atoms with Crippen LogP contribution in [0.3, 0.4) is 0 Å². The van der Waals surface area contributed by atoms with E-state index in [1.165, 1.54) is 12.1 Å². The van der Waals surface area contributed by atoms with Crippen molar-refractivity contribution >= 4 is 51.4 Å². The van der Waals surface area contributed by atoms with Gasteiger partial charge in [-0.3, -0.25) is 4.99 Å². The van der Waals surface area contributed by atoms with Crippen LogP contribution in [0.25, 0.3) is 0 Å². The van der Waals surface area contributed by atoms with Crippen LogP contribution >= 0.6 is 35.6 Å². The van der Waals surface area contributed by atoms with Gasteiger partial charge in [-0.25, -0.2) is 8.42 Å². The maximum Gasteiger partial charge on any atom is 0.191 e. The quantitative estimate of drug-likeness (QED) is 0.409. The van der Waals surface area contributed by atoms with Crippen LogP contribution in [0.2, 0.25) is 5.02 Å². The highest BCUT2D eigenvalue weighted by atomic mass is 127. The summed E-state index contributed by atoms with van der Waals surface area (Å²) >= 11 is 5.76. The largest absolute Gasteiger partial charge is 0.375 e. The summed E-state index contributed by atoms with van der Waals surface area (Å²) in [6.07, 6.45) is 0.0975. The van der Waals surface area contributed by atoms with E-state index in [2.05, 4.69) is 4.99 Å². The zero-order valence-corrected chi connectivity index (χ0v) is 16.7. The summed E-state index contributed by atoms with van der Waals surface area (Å²) in [7, 11) is -3.38. The summed E-state index contributed by atoms with van der Waals surface area (Å²) in [4.78, 5) is 6.32. The van der Waals surface area contributed by atoms with Gasteiger partial charge < -0.3 is 15.4 Å². The molecule has 1 fully saturated rings. The van der Waals surface area contributed by atoms with Crippen molar-refractivity contribution in [3.8, 4) is 0 Å². The summed E-state index contributed by atoms with van der Waals surface area (Å²) in [5, 5.41) is 0.502. The second-order valence-electron chi connectivity index (χ2n) is 5.14. The normalized spacial score (nSPS) is 19.3. The monoisotopic (exact) mass is 473 g/mol. The van der Waals surface area contributed by atoms with Gasteiger partial charge in [0.2, 0.25) is 0 Å². The highest BCUT2D eigenvalue weighted by Crippen LogP contribution is 2.15. The van der Waals surface area contributed by atoms with Crippen LogP contribution in [0.15, 0.2) is 34.2 Å². The predicted molar refractivity (Wildman–Crippen MR) is 102 cm³/mol. The number of aliphatic imine (C=N–C) groups is 1. The zero-order chi connectivity index (χ0) is 16.2. The zero-order valence-electron chi connectivity index (χ0n) is 12.8. The minimum atomic E-state index is -3.38. The summed E-state index contributed by atoms with van der Waals surface area (Å²) < 4.78 is 29.8. The molecule has 0 spiro atoms. The Morgan fingerprint density at radius 2 is 2.09 bits per heavy atom. The van der Waals surface area contributed by atoms with E-state index in [1.54, 1.807) is 12.1 Å². The van der Waals surface area contributed by atoms with E-state index < -0.39 is 9.84 Å². The molecule has 1 aliphatic heterocycles. The Bertz CT molecular complexity index is 637. The lowest BCUT2D eigenvalue weighted by Gasteiger charge is -2.31. The van der Waals surface area contributed by atoms with Crippen molar-refractivity contribution in [1.82, 2.24) is 4.90 Å². The Morgan fingerprint density at radius 1 is 1.43 bits per heavy atom. The Labute approximate surface area is 159 Å². The highest BCUT2D eigenvalue weighted by molar-refractivity contribution is 14.0.